The molecule has 0 aliphatic carbocycles. The van der Waals surface area contributed by atoms with Gasteiger partial charge in [-0.2, -0.15) is 0 Å². The number of carboxylic acid groups (broad SMARTS) is 1. The maximum absolute atomic E-state index is 13.6. The number of hydrogen-bond donors (Lipinski definition) is 2. The van der Waals surface area contributed by atoms with Gasteiger partial charge in [0.05, 0.1) is 11.6 Å². The van der Waals surface area contributed by atoms with Crippen LogP contribution in [0.2, 0.25) is 0 Å². The van der Waals surface area contributed by atoms with Gasteiger partial charge in [-0.05, 0) is 40.9 Å². The Hall–Kier alpha value is -1.63. The standard InChI is InChI=1S/C13H14BrFN2O3/c14-9-4-1-5-10(15)11(9)16-13(20)17-6-2-3-8(7-17)12(18)19/h1,4-5,8H,2-3,6-7H2,(H,16,20)(H,18,19). The van der Waals surface area contributed by atoms with Gasteiger partial charge in [-0.15, -0.1) is 0 Å². The number of nitrogens with one attached hydrogen (secondary N) is 1. The molecule has 0 saturated carbocycles. The number of benzene rings is 1. The zero-order valence-electron chi connectivity index (χ0n) is 10.6. The van der Waals surface area contributed by atoms with Gasteiger partial charge in [-0.25, -0.2) is 9.18 Å². The zero-order valence-corrected chi connectivity index (χ0v) is 12.2. The average molecular weight is 345 g/mol. The summed E-state index contributed by atoms with van der Waals surface area (Å²) in [6.07, 6.45) is 1.19. The molecular weight excluding hydrogens is 331 g/mol. The molecule has 0 spiro atoms. The van der Waals surface area contributed by atoms with Crippen LogP contribution in [0.15, 0.2) is 22.7 Å². The minimum absolute atomic E-state index is 0.0648. The van der Waals surface area contributed by atoms with Crippen molar-refractivity contribution in [1.82, 2.24) is 4.90 Å². The monoisotopic (exact) mass is 344 g/mol. The molecule has 1 aliphatic heterocycles. The molecule has 0 bridgehead atoms. The van der Waals surface area contributed by atoms with Crippen molar-refractivity contribution in [1.29, 1.82) is 0 Å². The quantitative estimate of drug-likeness (QED) is 0.866. The Kier molecular flexibility index (Phi) is 4.59. The lowest BCUT2D eigenvalue weighted by Gasteiger charge is -2.30. The number of carbonyl (C=O) groups is 2. The summed E-state index contributed by atoms with van der Waals surface area (Å²) in [5, 5.41) is 11.5. The van der Waals surface area contributed by atoms with Crippen LogP contribution in [-0.2, 0) is 4.79 Å². The molecule has 20 heavy (non-hydrogen) atoms. The third-order valence-electron chi connectivity index (χ3n) is 3.25. The Labute approximate surface area is 123 Å². The fourth-order valence-electron chi connectivity index (χ4n) is 2.17. The molecule has 108 valence electrons. The number of aliphatic carboxylic acids is 1. The van der Waals surface area contributed by atoms with E-state index in [-0.39, 0.29) is 12.2 Å². The number of carboxylic acids is 1. The molecule has 0 aromatic heterocycles. The Morgan fingerprint density at radius 3 is 2.85 bits per heavy atom. The number of anilines is 1. The zero-order chi connectivity index (χ0) is 14.7. The van der Waals surface area contributed by atoms with E-state index < -0.39 is 23.7 Å². The normalized spacial score (nSPS) is 18.7. The molecule has 1 heterocycles. The molecular formula is C13H14BrFN2O3. The van der Waals surface area contributed by atoms with Crippen LogP contribution >= 0.6 is 15.9 Å². The lowest BCUT2D eigenvalue weighted by atomic mass is 9.99. The maximum atomic E-state index is 13.6. The van der Waals surface area contributed by atoms with Crippen molar-refractivity contribution >= 4 is 33.6 Å². The number of carbonyl (C=O) groups excluding carboxylic acids is 1. The number of hydrogen-bond acceptors (Lipinski definition) is 2. The van der Waals surface area contributed by atoms with Crippen molar-refractivity contribution in [3.05, 3.63) is 28.5 Å². The largest absolute Gasteiger partial charge is 0.481 e. The van der Waals surface area contributed by atoms with Crippen LogP contribution in [0.25, 0.3) is 0 Å². The van der Waals surface area contributed by atoms with E-state index in [4.69, 9.17) is 5.11 Å². The Bertz CT molecular complexity index is 518. The van der Waals surface area contributed by atoms with Gasteiger partial charge in [-0.1, -0.05) is 6.07 Å². The molecule has 1 unspecified atom stereocenters. The number of para-hydroxylation sites is 1. The number of piperidine rings is 1. The number of halogens is 2. The van der Waals surface area contributed by atoms with E-state index in [1.165, 1.54) is 17.0 Å². The summed E-state index contributed by atoms with van der Waals surface area (Å²) < 4.78 is 14.1. The highest BCUT2D eigenvalue weighted by Gasteiger charge is 2.28. The van der Waals surface area contributed by atoms with Gasteiger partial charge >= 0.3 is 12.0 Å². The van der Waals surface area contributed by atoms with E-state index in [2.05, 4.69) is 21.2 Å². The molecule has 2 N–H and O–H groups in total. The number of likely N-dealkylation sites (tertiary alicyclic amines) is 1. The van der Waals surface area contributed by atoms with Crippen LogP contribution in [-0.4, -0.2) is 35.1 Å². The Balaban J connectivity index is 2.06. The lowest BCUT2D eigenvalue weighted by Crippen LogP contribution is -2.44. The van der Waals surface area contributed by atoms with Crippen molar-refractivity contribution in [3.8, 4) is 0 Å². The highest BCUT2D eigenvalue weighted by molar-refractivity contribution is 9.10. The molecule has 0 radical (unpaired) electrons. The molecule has 1 fully saturated rings. The minimum Gasteiger partial charge on any atom is -0.481 e. The van der Waals surface area contributed by atoms with Crippen LogP contribution in [0.5, 0.6) is 0 Å². The van der Waals surface area contributed by atoms with Crippen molar-refractivity contribution in [3.63, 3.8) is 0 Å². The number of urea groups is 1. The van der Waals surface area contributed by atoms with Crippen LogP contribution in [0, 0.1) is 11.7 Å². The predicted molar refractivity (Wildman–Crippen MR) is 75.1 cm³/mol. The first kappa shape index (κ1) is 14.8. The lowest BCUT2D eigenvalue weighted by molar-refractivity contribution is -0.143. The third kappa shape index (κ3) is 3.27. The van der Waals surface area contributed by atoms with Crippen molar-refractivity contribution in [2.45, 2.75) is 12.8 Å². The van der Waals surface area contributed by atoms with E-state index in [1.807, 2.05) is 0 Å². The summed E-state index contributed by atoms with van der Waals surface area (Å²) in [6, 6.07) is 3.91. The first-order valence-electron chi connectivity index (χ1n) is 6.22. The van der Waals surface area contributed by atoms with Crippen LogP contribution in [0.1, 0.15) is 12.8 Å². The highest BCUT2D eigenvalue weighted by atomic mass is 79.9. The molecule has 2 amide bonds. The second-order valence-electron chi connectivity index (χ2n) is 4.65. The summed E-state index contributed by atoms with van der Waals surface area (Å²) in [5.41, 5.74) is 0.0648. The maximum Gasteiger partial charge on any atom is 0.321 e. The SMILES string of the molecule is O=C(O)C1CCCN(C(=O)Nc2c(F)cccc2Br)C1. The average Bonchev–Trinajstić information content (AvgIpc) is 2.43. The van der Waals surface area contributed by atoms with Gasteiger partial charge in [0.2, 0.25) is 0 Å². The fourth-order valence-corrected chi connectivity index (χ4v) is 2.61. The summed E-state index contributed by atoms with van der Waals surface area (Å²) in [6.45, 7) is 0.620. The van der Waals surface area contributed by atoms with Crippen molar-refractivity contribution < 1.29 is 19.1 Å². The second kappa shape index (κ2) is 6.21. The predicted octanol–water partition coefficient (Wildman–Crippen LogP) is 2.92. The Morgan fingerprint density at radius 2 is 2.20 bits per heavy atom. The topological polar surface area (TPSA) is 69.6 Å². The Morgan fingerprint density at radius 1 is 1.45 bits per heavy atom. The fraction of sp³-hybridized carbons (Fsp3) is 0.385. The molecule has 1 saturated heterocycles. The summed E-state index contributed by atoms with van der Waals surface area (Å²) in [5.74, 6) is -2.01. The molecule has 5 nitrogen and oxygen atoms in total. The van der Waals surface area contributed by atoms with E-state index in [1.54, 1.807) is 6.07 Å². The number of amides is 2. The van der Waals surface area contributed by atoms with Crippen LogP contribution in [0.3, 0.4) is 0 Å². The van der Waals surface area contributed by atoms with Gasteiger partial charge < -0.3 is 15.3 Å². The van der Waals surface area contributed by atoms with Crippen molar-refractivity contribution in [2.24, 2.45) is 5.92 Å². The summed E-state index contributed by atoms with van der Waals surface area (Å²) in [4.78, 5) is 24.4. The van der Waals surface area contributed by atoms with Gasteiger partial charge in [0, 0.05) is 17.6 Å². The van der Waals surface area contributed by atoms with E-state index in [0.717, 1.165) is 0 Å². The van der Waals surface area contributed by atoms with Crippen molar-refractivity contribution in [2.75, 3.05) is 18.4 Å². The van der Waals surface area contributed by atoms with E-state index in [9.17, 15) is 14.0 Å². The van der Waals surface area contributed by atoms with Gasteiger partial charge in [0.1, 0.15) is 5.82 Å². The van der Waals surface area contributed by atoms with E-state index >= 15 is 0 Å². The second-order valence-corrected chi connectivity index (χ2v) is 5.50. The van der Waals surface area contributed by atoms with Gasteiger partial charge in [0.25, 0.3) is 0 Å². The third-order valence-corrected chi connectivity index (χ3v) is 3.91. The van der Waals surface area contributed by atoms with Gasteiger partial charge in [0.15, 0.2) is 0 Å². The van der Waals surface area contributed by atoms with Crippen LogP contribution in [0.4, 0.5) is 14.9 Å². The minimum atomic E-state index is -0.908. The summed E-state index contributed by atoms with van der Waals surface area (Å²) >= 11 is 3.17. The first-order valence-corrected chi connectivity index (χ1v) is 7.01. The number of nitrogens with zero attached hydrogens (tertiary/aromatic N) is 1. The molecule has 2 rings (SSSR count). The number of rotatable bonds is 2. The molecule has 7 heteroatoms. The molecule has 1 aromatic carbocycles. The van der Waals surface area contributed by atoms with E-state index in [0.29, 0.717) is 23.9 Å². The molecule has 1 aromatic rings. The molecule has 1 atom stereocenters. The van der Waals surface area contributed by atoms with Crippen LogP contribution < -0.4 is 5.32 Å². The highest BCUT2D eigenvalue weighted by Crippen LogP contribution is 2.26. The summed E-state index contributed by atoms with van der Waals surface area (Å²) in [7, 11) is 0. The molecule has 1 aliphatic rings. The first-order chi connectivity index (χ1) is 9.49. The van der Waals surface area contributed by atoms with Gasteiger partial charge in [-0.3, -0.25) is 4.79 Å². The smallest absolute Gasteiger partial charge is 0.321 e.